The van der Waals surface area contributed by atoms with Crippen molar-refractivity contribution in [2.45, 2.75) is 32.6 Å². The van der Waals surface area contributed by atoms with Crippen LogP contribution in [0.2, 0.25) is 0 Å². The molecule has 0 atom stereocenters. The van der Waals surface area contributed by atoms with Crippen molar-refractivity contribution in [2.24, 2.45) is 0 Å². The number of nitrogens with one attached hydrogen (secondary N) is 2. The predicted octanol–water partition coefficient (Wildman–Crippen LogP) is 1.27. The first-order valence-electron chi connectivity index (χ1n) is 4.99. The molecule has 0 amide bonds. The Balaban J connectivity index is 2.91. The third kappa shape index (κ3) is 2.93. The summed E-state index contributed by atoms with van der Waals surface area (Å²) in [6.45, 7) is 7.49. The number of nitrogens with zero attached hydrogens (tertiary/aromatic N) is 1. The molecule has 0 radical (unpaired) electrons. The fourth-order valence-corrected chi connectivity index (χ4v) is 2.69. The van der Waals surface area contributed by atoms with Crippen LogP contribution < -0.4 is 4.72 Å². The number of aryl methyl sites for hydroxylation is 2. The second-order valence-corrected chi connectivity index (χ2v) is 5.60. The molecule has 6 heteroatoms. The molecule has 0 spiro atoms. The van der Waals surface area contributed by atoms with Crippen LogP contribution in [0.3, 0.4) is 0 Å². The zero-order chi connectivity index (χ0) is 12.3. The molecule has 1 aromatic heterocycles. The number of H-pyrrole nitrogens is 1. The van der Waals surface area contributed by atoms with E-state index in [1.165, 1.54) is 0 Å². The van der Waals surface area contributed by atoms with Crippen molar-refractivity contribution in [3.05, 3.63) is 23.0 Å². The van der Waals surface area contributed by atoms with Crippen molar-refractivity contribution >= 4 is 10.0 Å². The van der Waals surface area contributed by atoms with Crippen LogP contribution >= 0.6 is 0 Å². The number of hydrogen-bond donors (Lipinski definition) is 2. The smallest absolute Gasteiger partial charge is 0.244 e. The molecule has 1 aromatic rings. The number of rotatable bonds is 4. The highest BCUT2D eigenvalue weighted by Crippen LogP contribution is 2.15. The van der Waals surface area contributed by atoms with E-state index in [0.717, 1.165) is 5.57 Å². The second-order valence-electron chi connectivity index (χ2n) is 3.90. The summed E-state index contributed by atoms with van der Waals surface area (Å²) in [5.41, 5.74) is 2.12. The lowest BCUT2D eigenvalue weighted by atomic mass is 10.3. The first-order chi connectivity index (χ1) is 7.34. The van der Waals surface area contributed by atoms with Crippen molar-refractivity contribution in [1.29, 1.82) is 0 Å². The highest BCUT2D eigenvalue weighted by atomic mass is 32.2. The van der Waals surface area contributed by atoms with Crippen molar-refractivity contribution in [3.8, 4) is 0 Å². The van der Waals surface area contributed by atoms with Gasteiger partial charge in [-0.2, -0.15) is 5.10 Å². The van der Waals surface area contributed by atoms with Crippen molar-refractivity contribution in [1.82, 2.24) is 14.9 Å². The summed E-state index contributed by atoms with van der Waals surface area (Å²) >= 11 is 0. The average Bonchev–Trinajstić information content (AvgIpc) is 2.45. The molecule has 0 fully saturated rings. The molecule has 2 N–H and O–H groups in total. The Morgan fingerprint density at radius 1 is 1.44 bits per heavy atom. The van der Waals surface area contributed by atoms with Gasteiger partial charge in [-0.25, -0.2) is 13.1 Å². The maximum Gasteiger partial charge on any atom is 0.244 e. The van der Waals surface area contributed by atoms with E-state index in [-0.39, 0.29) is 4.90 Å². The van der Waals surface area contributed by atoms with E-state index in [9.17, 15) is 8.42 Å². The van der Waals surface area contributed by atoms with Gasteiger partial charge in [0.25, 0.3) is 0 Å². The average molecular weight is 243 g/mol. The molecule has 0 saturated heterocycles. The first kappa shape index (κ1) is 12.9. The summed E-state index contributed by atoms with van der Waals surface area (Å²) in [5.74, 6) is 0. The third-order valence-corrected chi connectivity index (χ3v) is 3.80. The number of hydrogen-bond acceptors (Lipinski definition) is 3. The maximum absolute atomic E-state index is 11.9. The molecule has 90 valence electrons. The molecule has 16 heavy (non-hydrogen) atoms. The molecule has 0 saturated carbocycles. The van der Waals surface area contributed by atoms with E-state index in [1.807, 2.05) is 19.9 Å². The lowest BCUT2D eigenvalue weighted by Gasteiger charge is -2.04. The van der Waals surface area contributed by atoms with E-state index >= 15 is 0 Å². The highest BCUT2D eigenvalue weighted by molar-refractivity contribution is 7.89. The molecule has 1 heterocycles. The lowest BCUT2D eigenvalue weighted by Crippen LogP contribution is -2.24. The first-order valence-corrected chi connectivity index (χ1v) is 6.47. The largest absolute Gasteiger partial charge is 0.281 e. The molecule has 0 aliphatic rings. The normalized spacial score (nSPS) is 11.5. The molecule has 0 aromatic carbocycles. The minimum absolute atomic E-state index is 0.245. The standard InChI is InChI=1S/C10H17N3O2S/c1-7(2)5-6-11-16(14,15)10-8(3)12-13-9(10)4/h5,11H,6H2,1-4H3,(H,12,13). The fourth-order valence-electron chi connectivity index (χ4n) is 1.36. The van der Waals surface area contributed by atoms with Gasteiger partial charge in [0.05, 0.1) is 11.4 Å². The van der Waals surface area contributed by atoms with E-state index in [1.54, 1.807) is 13.8 Å². The zero-order valence-corrected chi connectivity index (χ0v) is 10.8. The van der Waals surface area contributed by atoms with Gasteiger partial charge in [-0.1, -0.05) is 11.6 Å². The summed E-state index contributed by atoms with van der Waals surface area (Å²) in [6, 6.07) is 0. The minimum Gasteiger partial charge on any atom is -0.281 e. The summed E-state index contributed by atoms with van der Waals surface area (Å²) in [5, 5.41) is 6.52. The summed E-state index contributed by atoms with van der Waals surface area (Å²) < 4.78 is 26.3. The number of allylic oxidation sites excluding steroid dienone is 1. The number of aromatic nitrogens is 2. The van der Waals surface area contributed by atoms with E-state index < -0.39 is 10.0 Å². The van der Waals surface area contributed by atoms with Gasteiger partial charge in [0, 0.05) is 6.54 Å². The maximum atomic E-state index is 11.9. The van der Waals surface area contributed by atoms with Crippen LogP contribution in [-0.2, 0) is 10.0 Å². The molecule has 0 unspecified atom stereocenters. The number of aromatic amines is 1. The topological polar surface area (TPSA) is 74.8 Å². The van der Waals surface area contributed by atoms with Gasteiger partial charge < -0.3 is 0 Å². The van der Waals surface area contributed by atoms with Crippen LogP contribution in [-0.4, -0.2) is 25.2 Å². The second kappa shape index (κ2) is 4.80. The summed E-state index contributed by atoms with van der Waals surface area (Å²) in [7, 11) is -3.46. The van der Waals surface area contributed by atoms with E-state index in [4.69, 9.17) is 0 Å². The summed E-state index contributed by atoms with van der Waals surface area (Å²) in [4.78, 5) is 0.245. The molecular formula is C10H17N3O2S. The quantitative estimate of drug-likeness (QED) is 0.782. The van der Waals surface area contributed by atoms with Gasteiger partial charge in [-0.05, 0) is 27.7 Å². The molecule has 5 nitrogen and oxygen atoms in total. The molecule has 0 aliphatic heterocycles. The zero-order valence-electron chi connectivity index (χ0n) is 9.96. The number of sulfonamides is 1. The monoisotopic (exact) mass is 243 g/mol. The van der Waals surface area contributed by atoms with E-state index in [0.29, 0.717) is 17.9 Å². The minimum atomic E-state index is -3.46. The Bertz CT molecular complexity index is 477. The van der Waals surface area contributed by atoms with Gasteiger partial charge in [0.2, 0.25) is 10.0 Å². The van der Waals surface area contributed by atoms with Gasteiger partial charge in [0.1, 0.15) is 4.90 Å². The Morgan fingerprint density at radius 3 is 2.50 bits per heavy atom. The summed E-state index contributed by atoms with van der Waals surface area (Å²) in [6.07, 6.45) is 1.82. The third-order valence-electron chi connectivity index (χ3n) is 2.11. The van der Waals surface area contributed by atoms with Gasteiger partial charge in [-0.15, -0.1) is 0 Å². The van der Waals surface area contributed by atoms with Crippen molar-refractivity contribution < 1.29 is 8.42 Å². The Labute approximate surface area is 96.0 Å². The Kier molecular flexibility index (Phi) is 3.88. The van der Waals surface area contributed by atoms with Crippen LogP contribution in [0.15, 0.2) is 16.5 Å². The van der Waals surface area contributed by atoms with Gasteiger partial charge in [0.15, 0.2) is 0 Å². The Morgan fingerprint density at radius 2 is 2.06 bits per heavy atom. The van der Waals surface area contributed by atoms with Crippen LogP contribution in [0.4, 0.5) is 0 Å². The predicted molar refractivity (Wildman–Crippen MR) is 62.7 cm³/mol. The SMILES string of the molecule is CC(C)=CCNS(=O)(=O)c1c(C)n[nH]c1C. The molecule has 1 rings (SSSR count). The molecule has 0 bridgehead atoms. The molecule has 0 aliphatic carbocycles. The molecular weight excluding hydrogens is 226 g/mol. The highest BCUT2D eigenvalue weighted by Gasteiger charge is 2.20. The van der Waals surface area contributed by atoms with Crippen LogP contribution in [0.5, 0.6) is 0 Å². The van der Waals surface area contributed by atoms with E-state index in [2.05, 4.69) is 14.9 Å². The van der Waals surface area contributed by atoms with Crippen molar-refractivity contribution in [3.63, 3.8) is 0 Å². The van der Waals surface area contributed by atoms with Crippen LogP contribution in [0.25, 0.3) is 0 Å². The lowest BCUT2D eigenvalue weighted by molar-refractivity contribution is 0.584. The van der Waals surface area contributed by atoms with Crippen LogP contribution in [0.1, 0.15) is 25.2 Å². The fraction of sp³-hybridized carbons (Fsp3) is 0.500. The van der Waals surface area contributed by atoms with Gasteiger partial charge in [-0.3, -0.25) is 5.10 Å². The van der Waals surface area contributed by atoms with Crippen LogP contribution in [0, 0.1) is 13.8 Å². The van der Waals surface area contributed by atoms with Crippen molar-refractivity contribution in [2.75, 3.05) is 6.54 Å². The van der Waals surface area contributed by atoms with Gasteiger partial charge >= 0.3 is 0 Å². The Hall–Kier alpha value is -1.14.